The summed E-state index contributed by atoms with van der Waals surface area (Å²) >= 11 is 6.15. The van der Waals surface area contributed by atoms with Crippen molar-refractivity contribution >= 4 is 34.0 Å². The van der Waals surface area contributed by atoms with Crippen LogP contribution in [-0.4, -0.2) is 33.8 Å². The summed E-state index contributed by atoms with van der Waals surface area (Å²) in [6, 6.07) is 12.9. The van der Waals surface area contributed by atoms with Crippen molar-refractivity contribution in [3.8, 4) is 5.75 Å². The SMILES string of the molecule is O=C(OCCOc1ccnc2ccccc12)c1cnn2cccc(Cl)c12. The predicted molar refractivity (Wildman–Crippen MR) is 97.7 cm³/mol. The van der Waals surface area contributed by atoms with E-state index in [9.17, 15) is 4.79 Å². The highest BCUT2D eigenvalue weighted by Crippen LogP contribution is 2.23. The number of aromatic nitrogens is 3. The number of rotatable bonds is 5. The lowest BCUT2D eigenvalue weighted by Gasteiger charge is -2.09. The molecule has 0 fully saturated rings. The van der Waals surface area contributed by atoms with Gasteiger partial charge >= 0.3 is 5.97 Å². The highest BCUT2D eigenvalue weighted by atomic mass is 35.5. The molecule has 0 spiro atoms. The molecule has 3 heterocycles. The number of fused-ring (bicyclic) bond motifs is 2. The molecule has 0 N–H and O–H groups in total. The molecule has 7 heteroatoms. The molecule has 0 amide bonds. The van der Waals surface area contributed by atoms with Gasteiger partial charge in [-0.1, -0.05) is 23.7 Å². The minimum atomic E-state index is -0.490. The van der Waals surface area contributed by atoms with Gasteiger partial charge in [-0.3, -0.25) is 4.98 Å². The summed E-state index contributed by atoms with van der Waals surface area (Å²) in [7, 11) is 0. The number of halogens is 1. The van der Waals surface area contributed by atoms with E-state index >= 15 is 0 Å². The number of ether oxygens (including phenoxy) is 2. The van der Waals surface area contributed by atoms with E-state index in [1.165, 1.54) is 6.20 Å². The minimum absolute atomic E-state index is 0.108. The molecule has 0 saturated carbocycles. The molecule has 0 atom stereocenters. The molecule has 6 nitrogen and oxygen atoms in total. The van der Waals surface area contributed by atoms with E-state index in [4.69, 9.17) is 21.1 Å². The van der Waals surface area contributed by atoms with Crippen LogP contribution in [-0.2, 0) is 4.74 Å². The third kappa shape index (κ3) is 3.07. The summed E-state index contributed by atoms with van der Waals surface area (Å²) in [5, 5.41) is 5.46. The number of hydrogen-bond donors (Lipinski definition) is 0. The van der Waals surface area contributed by atoms with Crippen molar-refractivity contribution < 1.29 is 14.3 Å². The highest BCUT2D eigenvalue weighted by Gasteiger charge is 2.16. The van der Waals surface area contributed by atoms with Gasteiger partial charge in [0.15, 0.2) is 0 Å². The van der Waals surface area contributed by atoms with E-state index in [1.807, 2.05) is 24.3 Å². The first kappa shape index (κ1) is 16.4. The van der Waals surface area contributed by atoms with Gasteiger partial charge in [-0.15, -0.1) is 0 Å². The van der Waals surface area contributed by atoms with E-state index in [-0.39, 0.29) is 13.2 Å². The first-order valence-electron chi connectivity index (χ1n) is 7.99. The highest BCUT2D eigenvalue weighted by molar-refractivity contribution is 6.34. The van der Waals surface area contributed by atoms with E-state index in [0.717, 1.165) is 10.9 Å². The number of benzene rings is 1. The zero-order valence-corrected chi connectivity index (χ0v) is 14.4. The maximum atomic E-state index is 12.3. The number of nitrogens with zero attached hydrogens (tertiary/aromatic N) is 3. The fraction of sp³-hybridized carbons (Fsp3) is 0.105. The Balaban J connectivity index is 1.41. The van der Waals surface area contributed by atoms with Gasteiger partial charge in [-0.2, -0.15) is 5.10 Å². The molecule has 0 aliphatic carbocycles. The molecular formula is C19H14ClN3O3. The van der Waals surface area contributed by atoms with E-state index in [0.29, 0.717) is 21.9 Å². The average molecular weight is 368 g/mol. The van der Waals surface area contributed by atoms with Gasteiger partial charge in [-0.05, 0) is 30.3 Å². The Morgan fingerprint density at radius 1 is 1.12 bits per heavy atom. The summed E-state index contributed by atoms with van der Waals surface area (Å²) in [5.41, 5.74) is 1.70. The van der Waals surface area contributed by atoms with Crippen LogP contribution in [0.5, 0.6) is 5.75 Å². The molecule has 0 radical (unpaired) electrons. The van der Waals surface area contributed by atoms with Crippen LogP contribution in [0.3, 0.4) is 0 Å². The molecule has 0 unspecified atom stereocenters. The quantitative estimate of drug-likeness (QED) is 0.397. The lowest BCUT2D eigenvalue weighted by Crippen LogP contribution is -2.12. The maximum Gasteiger partial charge on any atom is 0.342 e. The first-order chi connectivity index (χ1) is 12.7. The third-order valence-electron chi connectivity index (χ3n) is 3.89. The Hall–Kier alpha value is -3.12. The second kappa shape index (κ2) is 7.01. The molecule has 0 aliphatic rings. The molecule has 0 saturated heterocycles. The Labute approximate surface area is 153 Å². The Morgan fingerprint density at radius 2 is 2.00 bits per heavy atom. The molecule has 0 aliphatic heterocycles. The topological polar surface area (TPSA) is 65.7 Å². The van der Waals surface area contributed by atoms with Gasteiger partial charge in [0.2, 0.25) is 0 Å². The summed E-state index contributed by atoms with van der Waals surface area (Å²) < 4.78 is 12.6. The molecule has 130 valence electrons. The average Bonchev–Trinajstić information content (AvgIpc) is 3.11. The largest absolute Gasteiger partial charge is 0.489 e. The number of pyridine rings is 2. The van der Waals surface area contributed by atoms with Crippen LogP contribution in [0.4, 0.5) is 0 Å². The predicted octanol–water partition coefficient (Wildman–Crippen LogP) is 3.77. The summed E-state index contributed by atoms with van der Waals surface area (Å²) in [6.07, 6.45) is 4.85. The van der Waals surface area contributed by atoms with Crippen LogP contribution >= 0.6 is 11.6 Å². The second-order valence-corrected chi connectivity index (χ2v) is 5.93. The lowest BCUT2D eigenvalue weighted by molar-refractivity contribution is 0.0453. The molecule has 26 heavy (non-hydrogen) atoms. The molecule has 1 aromatic carbocycles. The van der Waals surface area contributed by atoms with Gasteiger partial charge in [0.1, 0.15) is 24.5 Å². The summed E-state index contributed by atoms with van der Waals surface area (Å²) in [6.45, 7) is 0.337. The second-order valence-electron chi connectivity index (χ2n) is 5.52. The van der Waals surface area contributed by atoms with Crippen molar-refractivity contribution in [3.05, 3.63) is 71.6 Å². The molecule has 3 aromatic heterocycles. The van der Waals surface area contributed by atoms with Gasteiger partial charge < -0.3 is 9.47 Å². The van der Waals surface area contributed by atoms with Crippen LogP contribution in [0, 0.1) is 0 Å². The standard InChI is InChI=1S/C19H14ClN3O3/c20-15-5-3-9-23-18(15)14(12-22-23)19(24)26-11-10-25-17-7-8-21-16-6-2-1-4-13(16)17/h1-9,12H,10-11H2. The van der Waals surface area contributed by atoms with Crippen molar-refractivity contribution in [2.45, 2.75) is 0 Å². The number of hydrogen-bond acceptors (Lipinski definition) is 5. The summed E-state index contributed by atoms with van der Waals surface area (Å²) in [5.74, 6) is 0.210. The van der Waals surface area contributed by atoms with Crippen molar-refractivity contribution in [3.63, 3.8) is 0 Å². The normalized spacial score (nSPS) is 11.0. The monoisotopic (exact) mass is 367 g/mol. The third-order valence-corrected chi connectivity index (χ3v) is 4.20. The Bertz CT molecular complexity index is 1090. The van der Waals surface area contributed by atoms with Gasteiger partial charge in [0, 0.05) is 17.8 Å². The zero-order chi connectivity index (χ0) is 17.9. The van der Waals surface area contributed by atoms with E-state index in [2.05, 4.69) is 10.1 Å². The number of esters is 1. The van der Waals surface area contributed by atoms with Crippen LogP contribution in [0.15, 0.2) is 61.1 Å². The van der Waals surface area contributed by atoms with Gasteiger partial charge in [-0.25, -0.2) is 9.31 Å². The number of carbonyl (C=O) groups excluding carboxylic acids is 1. The first-order valence-corrected chi connectivity index (χ1v) is 8.37. The Kier molecular flexibility index (Phi) is 4.41. The number of para-hydroxylation sites is 1. The van der Waals surface area contributed by atoms with Crippen molar-refractivity contribution in [1.29, 1.82) is 0 Å². The van der Waals surface area contributed by atoms with Crippen LogP contribution in [0.2, 0.25) is 5.02 Å². The van der Waals surface area contributed by atoms with Crippen molar-refractivity contribution in [2.24, 2.45) is 0 Å². The fourth-order valence-corrected chi connectivity index (χ4v) is 2.97. The van der Waals surface area contributed by atoms with Gasteiger partial charge in [0.05, 0.1) is 22.3 Å². The maximum absolute atomic E-state index is 12.3. The minimum Gasteiger partial charge on any atom is -0.489 e. The molecule has 0 bridgehead atoms. The molecule has 4 aromatic rings. The summed E-state index contributed by atoms with van der Waals surface area (Å²) in [4.78, 5) is 16.6. The molecular weight excluding hydrogens is 354 g/mol. The lowest BCUT2D eigenvalue weighted by atomic mass is 10.2. The Morgan fingerprint density at radius 3 is 2.92 bits per heavy atom. The number of carbonyl (C=O) groups is 1. The van der Waals surface area contributed by atoms with E-state index in [1.54, 1.807) is 35.1 Å². The van der Waals surface area contributed by atoms with Gasteiger partial charge in [0.25, 0.3) is 0 Å². The zero-order valence-electron chi connectivity index (χ0n) is 13.6. The van der Waals surface area contributed by atoms with Crippen molar-refractivity contribution in [2.75, 3.05) is 13.2 Å². The molecule has 4 rings (SSSR count). The van der Waals surface area contributed by atoms with Crippen LogP contribution in [0.1, 0.15) is 10.4 Å². The van der Waals surface area contributed by atoms with E-state index < -0.39 is 5.97 Å². The van der Waals surface area contributed by atoms with Crippen molar-refractivity contribution in [1.82, 2.24) is 14.6 Å². The smallest absolute Gasteiger partial charge is 0.342 e. The fourth-order valence-electron chi connectivity index (χ4n) is 2.71. The van der Waals surface area contributed by atoms with Crippen LogP contribution < -0.4 is 4.74 Å². The van der Waals surface area contributed by atoms with Crippen LogP contribution in [0.25, 0.3) is 16.4 Å².